The number of nitrogens with one attached hydrogen (secondary N) is 5. The molecule has 1 aliphatic carbocycles. The minimum absolute atomic E-state index is 0.157. The highest BCUT2D eigenvalue weighted by Gasteiger charge is 2.39. The molecule has 3 unspecified atom stereocenters. The summed E-state index contributed by atoms with van der Waals surface area (Å²) in [6, 6.07) is 13.2. The Balaban J connectivity index is 0.00000209. The number of fused-ring (bicyclic) bond motifs is 1. The zero-order chi connectivity index (χ0) is 39.2. The molecular weight excluding hydrogens is 695 g/mol. The first kappa shape index (κ1) is 40.9. The largest absolute Gasteiger partial charge is 0.385 e. The monoisotopic (exact) mass is 744 g/mol. The number of hydrogen-bond acceptors (Lipinski definition) is 11. The van der Waals surface area contributed by atoms with Gasteiger partial charge in [0.05, 0.1) is 46.6 Å². The number of aldehydes is 2. The van der Waals surface area contributed by atoms with Gasteiger partial charge in [0.25, 0.3) is 11.8 Å². The van der Waals surface area contributed by atoms with Crippen LogP contribution >= 0.6 is 0 Å². The van der Waals surface area contributed by atoms with Crippen LogP contribution in [0, 0.1) is 0 Å². The molecular formula is C38H49FN10O5. The van der Waals surface area contributed by atoms with E-state index >= 15 is 0 Å². The predicted molar refractivity (Wildman–Crippen MR) is 208 cm³/mol. The van der Waals surface area contributed by atoms with Crippen molar-refractivity contribution < 1.29 is 28.4 Å². The molecule has 1 aliphatic rings. The second-order valence-electron chi connectivity index (χ2n) is 13.0. The van der Waals surface area contributed by atoms with Gasteiger partial charge in [-0.05, 0) is 69.6 Å². The molecule has 5 rings (SSSR count). The number of anilines is 5. The highest BCUT2D eigenvalue weighted by molar-refractivity contribution is 6.00. The fraction of sp³-hybridized carbons (Fsp3) is 0.395. The Labute approximate surface area is 314 Å². The molecule has 0 radical (unpaired) electrons. The van der Waals surface area contributed by atoms with Gasteiger partial charge in [0.2, 0.25) is 6.41 Å². The number of hydrogen-bond donors (Lipinski definition) is 5. The molecule has 16 heteroatoms. The third kappa shape index (κ3) is 10.4. The lowest BCUT2D eigenvalue weighted by molar-refractivity contribution is -0.113. The smallest absolute Gasteiger partial charge is 0.271 e. The number of rotatable bonds is 19. The molecule has 3 atom stereocenters. The van der Waals surface area contributed by atoms with Crippen molar-refractivity contribution in [2.75, 3.05) is 62.2 Å². The number of carbonyl (C=O) groups excluding carboxylic acids is 5. The third-order valence-corrected chi connectivity index (χ3v) is 8.62. The number of unbranched alkanes of at least 4 members (excludes halogenated alkanes) is 1. The summed E-state index contributed by atoms with van der Waals surface area (Å²) in [5.74, 6) is -0.390. The fourth-order valence-corrected chi connectivity index (χ4v) is 5.73. The van der Waals surface area contributed by atoms with Gasteiger partial charge in [0.15, 0.2) is 17.2 Å². The number of aromatic nitrogens is 3. The van der Waals surface area contributed by atoms with Crippen LogP contribution in [0.25, 0.3) is 5.65 Å². The molecule has 0 bridgehead atoms. The average Bonchev–Trinajstić information content (AvgIpc) is 3.68. The zero-order valence-electron chi connectivity index (χ0n) is 31.3. The van der Waals surface area contributed by atoms with Crippen molar-refractivity contribution in [1.29, 1.82) is 0 Å². The van der Waals surface area contributed by atoms with Crippen LogP contribution in [0.2, 0.25) is 0 Å². The highest BCUT2D eigenvalue weighted by atomic mass is 19.1. The van der Waals surface area contributed by atoms with Crippen LogP contribution in [0.4, 0.5) is 33.0 Å². The molecule has 54 heavy (non-hydrogen) atoms. The highest BCUT2D eigenvalue weighted by Crippen LogP contribution is 2.31. The molecule has 2 aromatic carbocycles. The Bertz CT molecular complexity index is 1920. The summed E-state index contributed by atoms with van der Waals surface area (Å²) in [4.78, 5) is 68.2. The van der Waals surface area contributed by atoms with Crippen molar-refractivity contribution in [2.24, 2.45) is 0 Å². The molecule has 4 aromatic rings. The molecule has 1 saturated carbocycles. The molecule has 0 saturated heterocycles. The first-order chi connectivity index (χ1) is 26.1. The summed E-state index contributed by atoms with van der Waals surface area (Å²) in [5, 5.41) is 19.2. The molecule has 1 fully saturated rings. The first-order valence-corrected chi connectivity index (χ1v) is 17.8. The van der Waals surface area contributed by atoms with Gasteiger partial charge in [-0.1, -0.05) is 18.2 Å². The molecule has 3 amide bonds. The second-order valence-corrected chi connectivity index (χ2v) is 13.0. The van der Waals surface area contributed by atoms with Crippen LogP contribution in [0.1, 0.15) is 58.5 Å². The van der Waals surface area contributed by atoms with E-state index in [0.29, 0.717) is 59.8 Å². The minimum Gasteiger partial charge on any atom is -0.385 e. The van der Waals surface area contributed by atoms with Gasteiger partial charge in [-0.25, -0.2) is 13.9 Å². The molecule has 2 heterocycles. The maximum Gasteiger partial charge on any atom is 0.271 e. The van der Waals surface area contributed by atoms with E-state index < -0.39 is 24.2 Å². The van der Waals surface area contributed by atoms with E-state index in [4.69, 9.17) is 0 Å². The number of halogens is 1. The normalized spacial score (nSPS) is 14.9. The molecule has 5 N–H and O–H groups in total. The number of para-hydroxylation sites is 1. The van der Waals surface area contributed by atoms with Crippen molar-refractivity contribution in [3.05, 3.63) is 71.5 Å². The molecule has 0 aliphatic heterocycles. The minimum atomic E-state index is -1.05. The van der Waals surface area contributed by atoms with Crippen LogP contribution in [0.3, 0.4) is 0 Å². The van der Waals surface area contributed by atoms with Crippen LogP contribution < -0.4 is 36.4 Å². The van der Waals surface area contributed by atoms with E-state index in [1.807, 2.05) is 51.3 Å². The topological polar surface area (TPSA) is 182 Å². The summed E-state index contributed by atoms with van der Waals surface area (Å²) >= 11 is 0. The molecule has 15 nitrogen and oxygen atoms in total. The number of aryl methyl sites for hydroxylation is 1. The summed E-state index contributed by atoms with van der Waals surface area (Å²) in [7, 11) is 9.18. The van der Waals surface area contributed by atoms with Gasteiger partial charge in [-0.2, -0.15) is 0 Å². The van der Waals surface area contributed by atoms with Gasteiger partial charge in [0.1, 0.15) is 18.7 Å². The zero-order valence-corrected chi connectivity index (χ0v) is 31.3. The Hall–Kier alpha value is -5.90. The van der Waals surface area contributed by atoms with Gasteiger partial charge in [-0.3, -0.25) is 14.4 Å². The lowest BCUT2D eigenvalue weighted by atomic mass is 10.0. The number of alkyl halides is 1. The summed E-state index contributed by atoms with van der Waals surface area (Å²) in [6.45, 7) is 0.435. The van der Waals surface area contributed by atoms with Crippen molar-refractivity contribution >= 4 is 65.0 Å². The lowest BCUT2D eigenvalue weighted by Gasteiger charge is -2.28. The van der Waals surface area contributed by atoms with Crippen molar-refractivity contribution in [3.8, 4) is 0 Å². The SMILES string of the molecule is CNC.CNc1cc(Nc2ccccc2C(=O)NCCCCc2ccc(N(C=O)C(C=O)CCC=O)c(N(C)C)c2)nn2c(C(=O)NC3CC3F)cnc12. The van der Waals surface area contributed by atoms with E-state index in [2.05, 4.69) is 36.7 Å². The molecule has 0 spiro atoms. The number of nitrogens with zero attached hydrogens (tertiary/aromatic N) is 5. The number of carbonyl (C=O) groups is 5. The summed E-state index contributed by atoms with van der Waals surface area (Å²) < 4.78 is 14.8. The first-order valence-electron chi connectivity index (χ1n) is 17.8. The van der Waals surface area contributed by atoms with Gasteiger partial charge >= 0.3 is 0 Å². The lowest BCUT2D eigenvalue weighted by Crippen LogP contribution is -2.36. The fourth-order valence-electron chi connectivity index (χ4n) is 5.73. The van der Waals surface area contributed by atoms with Crippen molar-refractivity contribution in [1.82, 2.24) is 30.5 Å². The van der Waals surface area contributed by atoms with Crippen LogP contribution in [0.5, 0.6) is 0 Å². The Kier molecular flexibility index (Phi) is 15.0. The maximum atomic E-state index is 13.4. The van der Waals surface area contributed by atoms with Crippen LogP contribution in [0.15, 0.2) is 54.7 Å². The van der Waals surface area contributed by atoms with Crippen molar-refractivity contribution in [3.63, 3.8) is 0 Å². The second kappa shape index (κ2) is 19.8. The van der Waals surface area contributed by atoms with Crippen molar-refractivity contribution in [2.45, 2.75) is 56.8 Å². The van der Waals surface area contributed by atoms with Crippen LogP contribution in [-0.2, 0) is 20.8 Å². The number of benzene rings is 2. The van der Waals surface area contributed by atoms with Gasteiger partial charge in [-0.15, -0.1) is 5.10 Å². The van der Waals surface area contributed by atoms with E-state index in [9.17, 15) is 28.4 Å². The van der Waals surface area contributed by atoms with E-state index in [0.717, 1.165) is 30.4 Å². The van der Waals surface area contributed by atoms with Gasteiger partial charge in [0, 0.05) is 46.6 Å². The Morgan fingerprint density at radius 3 is 2.39 bits per heavy atom. The third-order valence-electron chi connectivity index (χ3n) is 8.62. The quantitative estimate of drug-likeness (QED) is 0.0700. The van der Waals surface area contributed by atoms with E-state index in [1.54, 1.807) is 37.4 Å². The molecule has 2 aromatic heterocycles. The van der Waals surface area contributed by atoms with Crippen LogP contribution in [-0.4, -0.2) is 105 Å². The van der Waals surface area contributed by atoms with E-state index in [1.165, 1.54) is 15.6 Å². The Morgan fingerprint density at radius 1 is 1.00 bits per heavy atom. The summed E-state index contributed by atoms with van der Waals surface area (Å²) in [6.07, 6.45) is 5.29. The average molecular weight is 745 g/mol. The van der Waals surface area contributed by atoms with Gasteiger partial charge < -0.3 is 46.0 Å². The number of amides is 3. The standard InChI is InChI=1S/C36H42FN9O5.C2H7N/c1-38-29-19-33(43-46-32(20-40-34(29)46)36(51)42-28-18-26(28)37)41-27-12-5-4-11-25(27)35(50)39-15-7-6-9-23-13-14-30(31(17-23)44(2)3)45(22-49)24(21-48)10-8-16-47;1-3-2/h4-5,11-14,16-17,19-22,24,26,28,38H,6-10,15,18H2,1-3H3,(H,39,50)(H,41,43)(H,42,51);3H,1-2H3. The maximum absolute atomic E-state index is 13.4. The summed E-state index contributed by atoms with van der Waals surface area (Å²) in [5.41, 5.74) is 4.47. The Morgan fingerprint density at radius 2 is 1.74 bits per heavy atom. The predicted octanol–water partition coefficient (Wildman–Crippen LogP) is 3.52. The van der Waals surface area contributed by atoms with E-state index in [-0.39, 0.29) is 30.9 Å². The number of imidazole rings is 1. The molecule has 288 valence electrons.